The number of carboxylic acids is 1. The summed E-state index contributed by atoms with van der Waals surface area (Å²) in [5.74, 6) is -0.612. The van der Waals surface area contributed by atoms with Gasteiger partial charge in [-0.15, -0.1) is 23.5 Å². The smallest absolute Gasteiger partial charge is 0.328 e. The molecule has 42 heavy (non-hydrogen) atoms. The lowest BCUT2D eigenvalue weighted by Crippen LogP contribution is -2.58. The van der Waals surface area contributed by atoms with E-state index >= 15 is 0 Å². The van der Waals surface area contributed by atoms with E-state index in [9.17, 15) is 19.5 Å². The average molecular weight is 633 g/mol. The standard InChI is InChI=1S/C31H44N2O6S2Si/c1-31(2,3)42(4,5)39-27(30-40-17-18-41-30)26(29(36)37)32-28(35)23(20-25(34)33-13-15-38-16-14-33)19-22-11-8-10-21-9-6-7-12-24(21)22/h6-12,23,26-27,30H,13-20H2,1-5H3,(H,32,35)(H,36,37)/t23-,26-,27+/m1/s1. The molecule has 3 atom stereocenters. The van der Waals surface area contributed by atoms with Gasteiger partial charge in [0.15, 0.2) is 14.4 Å². The molecule has 0 unspecified atom stereocenters. The van der Waals surface area contributed by atoms with Gasteiger partial charge in [0.1, 0.15) is 0 Å². The van der Waals surface area contributed by atoms with Gasteiger partial charge in [-0.3, -0.25) is 9.59 Å². The molecule has 2 aliphatic heterocycles. The van der Waals surface area contributed by atoms with Crippen molar-refractivity contribution in [2.45, 2.75) is 68.5 Å². The van der Waals surface area contributed by atoms with Crippen molar-refractivity contribution in [1.82, 2.24) is 10.2 Å². The molecule has 230 valence electrons. The number of hydrogen-bond donors (Lipinski definition) is 2. The molecule has 0 bridgehead atoms. The number of benzene rings is 2. The van der Waals surface area contributed by atoms with Crippen LogP contribution in [-0.4, -0.2) is 90.6 Å². The first-order chi connectivity index (χ1) is 19.9. The van der Waals surface area contributed by atoms with Gasteiger partial charge in [-0.05, 0) is 40.9 Å². The largest absolute Gasteiger partial charge is 0.480 e. The Morgan fingerprint density at radius 3 is 2.36 bits per heavy atom. The van der Waals surface area contributed by atoms with E-state index in [1.54, 1.807) is 28.4 Å². The number of nitrogens with one attached hydrogen (secondary N) is 1. The molecule has 2 aromatic rings. The van der Waals surface area contributed by atoms with Crippen LogP contribution in [0, 0.1) is 5.92 Å². The van der Waals surface area contributed by atoms with Crippen molar-refractivity contribution in [2.24, 2.45) is 5.92 Å². The second-order valence-corrected chi connectivity index (χ2v) is 20.1. The molecule has 0 aliphatic carbocycles. The predicted molar refractivity (Wildman–Crippen MR) is 173 cm³/mol. The third kappa shape index (κ3) is 8.10. The zero-order chi connectivity index (χ0) is 30.5. The summed E-state index contributed by atoms with van der Waals surface area (Å²) in [6.45, 7) is 12.5. The van der Waals surface area contributed by atoms with Gasteiger partial charge in [-0.1, -0.05) is 63.2 Å². The molecule has 4 rings (SSSR count). The molecule has 0 spiro atoms. The number of carboxylic acid groups (broad SMARTS) is 1. The number of thioether (sulfide) groups is 2. The van der Waals surface area contributed by atoms with Crippen LogP contribution in [0.25, 0.3) is 10.8 Å². The zero-order valence-corrected chi connectivity index (χ0v) is 27.9. The number of aliphatic carboxylic acids is 1. The summed E-state index contributed by atoms with van der Waals surface area (Å²) < 4.78 is 12.1. The third-order valence-corrected chi connectivity index (χ3v) is 16.2. The Labute approximate surface area is 258 Å². The lowest BCUT2D eigenvalue weighted by molar-refractivity contribution is -0.145. The van der Waals surface area contributed by atoms with Gasteiger partial charge in [0.25, 0.3) is 0 Å². The number of ether oxygens (including phenoxy) is 1. The molecule has 0 saturated carbocycles. The minimum Gasteiger partial charge on any atom is -0.480 e. The second kappa shape index (κ2) is 14.2. The number of hydrogen-bond acceptors (Lipinski definition) is 7. The van der Waals surface area contributed by atoms with Crippen molar-refractivity contribution in [2.75, 3.05) is 37.8 Å². The summed E-state index contributed by atoms with van der Waals surface area (Å²) in [4.78, 5) is 42.0. The van der Waals surface area contributed by atoms with Gasteiger partial charge in [0, 0.05) is 31.0 Å². The molecular weight excluding hydrogens is 589 g/mol. The zero-order valence-electron chi connectivity index (χ0n) is 25.3. The maximum Gasteiger partial charge on any atom is 0.328 e. The Kier molecular flexibility index (Phi) is 11.1. The fourth-order valence-electron chi connectivity index (χ4n) is 5.07. The summed E-state index contributed by atoms with van der Waals surface area (Å²) in [5, 5.41) is 15.3. The highest BCUT2D eigenvalue weighted by molar-refractivity contribution is 8.20. The number of fused-ring (bicyclic) bond motifs is 1. The van der Waals surface area contributed by atoms with Crippen LogP contribution < -0.4 is 5.32 Å². The van der Waals surface area contributed by atoms with E-state index < -0.39 is 38.3 Å². The molecule has 2 aromatic carbocycles. The Balaban J connectivity index is 1.63. The molecular formula is C31H44N2O6S2Si. The van der Waals surface area contributed by atoms with Crippen LogP contribution in [0.1, 0.15) is 32.8 Å². The number of amides is 2. The van der Waals surface area contributed by atoms with Crippen LogP contribution >= 0.6 is 23.5 Å². The lowest BCUT2D eigenvalue weighted by Gasteiger charge is -2.42. The quantitative estimate of drug-likeness (QED) is 0.333. The van der Waals surface area contributed by atoms with Gasteiger partial charge < -0.3 is 24.5 Å². The fourth-order valence-corrected chi connectivity index (χ4v) is 9.57. The Hall–Kier alpha value is -2.05. The second-order valence-electron chi connectivity index (χ2n) is 12.5. The molecule has 0 radical (unpaired) electrons. The number of carbonyl (C=O) groups excluding carboxylic acids is 2. The third-order valence-electron chi connectivity index (χ3n) is 8.55. The summed E-state index contributed by atoms with van der Waals surface area (Å²) in [6, 6.07) is 12.7. The van der Waals surface area contributed by atoms with Gasteiger partial charge in [0.2, 0.25) is 11.8 Å². The van der Waals surface area contributed by atoms with Crippen molar-refractivity contribution in [3.05, 3.63) is 48.0 Å². The van der Waals surface area contributed by atoms with Crippen molar-refractivity contribution >= 4 is 60.4 Å². The van der Waals surface area contributed by atoms with E-state index in [4.69, 9.17) is 9.16 Å². The SMILES string of the molecule is CC(C)(C)[Si](C)(C)O[C@H](C1SCCS1)[C@@H](NC(=O)[C@@H](CC(=O)N1CCOCC1)Cc1cccc2ccccc12)C(=O)O. The minimum atomic E-state index is -2.38. The Bertz CT molecular complexity index is 1250. The molecule has 0 aromatic heterocycles. The summed E-state index contributed by atoms with van der Waals surface area (Å²) >= 11 is 3.38. The highest BCUT2D eigenvalue weighted by atomic mass is 32.2. The van der Waals surface area contributed by atoms with Crippen molar-refractivity contribution in [3.8, 4) is 0 Å². The number of carbonyl (C=O) groups is 3. The maximum atomic E-state index is 14.1. The first-order valence-electron chi connectivity index (χ1n) is 14.6. The highest BCUT2D eigenvalue weighted by Gasteiger charge is 2.47. The molecule has 2 amide bonds. The molecule has 8 nitrogen and oxygen atoms in total. The van der Waals surface area contributed by atoms with E-state index in [0.29, 0.717) is 32.7 Å². The first kappa shape index (κ1) is 32.9. The Morgan fingerprint density at radius 2 is 1.71 bits per heavy atom. The minimum absolute atomic E-state index is 0.0118. The first-order valence-corrected chi connectivity index (χ1v) is 19.6. The molecule has 2 N–H and O–H groups in total. The van der Waals surface area contributed by atoms with Gasteiger partial charge in [-0.25, -0.2) is 4.79 Å². The van der Waals surface area contributed by atoms with E-state index in [1.165, 1.54) is 0 Å². The van der Waals surface area contributed by atoms with Gasteiger partial charge >= 0.3 is 5.97 Å². The van der Waals surface area contributed by atoms with Crippen LogP contribution in [0.5, 0.6) is 0 Å². The van der Waals surface area contributed by atoms with Crippen molar-refractivity contribution in [1.29, 1.82) is 0 Å². The molecule has 2 fully saturated rings. The predicted octanol–water partition coefficient (Wildman–Crippen LogP) is 5.01. The van der Waals surface area contributed by atoms with Crippen LogP contribution in [0.4, 0.5) is 0 Å². The van der Waals surface area contributed by atoms with E-state index in [-0.39, 0.29) is 21.9 Å². The van der Waals surface area contributed by atoms with E-state index in [0.717, 1.165) is 27.8 Å². The van der Waals surface area contributed by atoms with Crippen LogP contribution in [-0.2, 0) is 30.0 Å². The number of nitrogens with zero attached hydrogens (tertiary/aromatic N) is 1. The fraction of sp³-hybridized carbons (Fsp3) is 0.581. The number of rotatable bonds is 11. The molecule has 2 saturated heterocycles. The summed E-state index contributed by atoms with van der Waals surface area (Å²) in [5.41, 5.74) is 0.950. The molecule has 2 aliphatic rings. The van der Waals surface area contributed by atoms with E-state index in [1.807, 2.05) is 42.5 Å². The average Bonchev–Trinajstić information content (AvgIpc) is 3.49. The topological polar surface area (TPSA) is 105 Å². The summed E-state index contributed by atoms with van der Waals surface area (Å²) in [6.07, 6.45) is -0.392. The van der Waals surface area contributed by atoms with Crippen LogP contribution in [0.3, 0.4) is 0 Å². The van der Waals surface area contributed by atoms with Crippen LogP contribution in [0.15, 0.2) is 42.5 Å². The van der Waals surface area contributed by atoms with Gasteiger partial charge in [0.05, 0.1) is 29.8 Å². The maximum absolute atomic E-state index is 14.1. The lowest BCUT2D eigenvalue weighted by atomic mass is 9.91. The normalized spacial score (nSPS) is 18.9. The van der Waals surface area contributed by atoms with Crippen molar-refractivity contribution < 1.29 is 28.7 Å². The number of morpholine rings is 1. The monoisotopic (exact) mass is 632 g/mol. The van der Waals surface area contributed by atoms with Crippen molar-refractivity contribution in [3.63, 3.8) is 0 Å². The molecule has 2 heterocycles. The van der Waals surface area contributed by atoms with E-state index in [2.05, 4.69) is 39.2 Å². The summed E-state index contributed by atoms with van der Waals surface area (Å²) in [7, 11) is -2.38. The Morgan fingerprint density at radius 1 is 1.07 bits per heavy atom. The van der Waals surface area contributed by atoms with Crippen LogP contribution in [0.2, 0.25) is 18.1 Å². The van der Waals surface area contributed by atoms with Gasteiger partial charge in [-0.2, -0.15) is 0 Å². The highest BCUT2D eigenvalue weighted by Crippen LogP contribution is 2.43. The molecule has 11 heteroatoms.